The van der Waals surface area contributed by atoms with Gasteiger partial charge in [0.15, 0.2) is 15.8 Å². The highest BCUT2D eigenvalue weighted by Crippen LogP contribution is 2.31. The molecule has 1 amide bonds. The highest BCUT2D eigenvalue weighted by Gasteiger charge is 2.19. The summed E-state index contributed by atoms with van der Waals surface area (Å²) in [5, 5.41) is 3.96. The zero-order valence-corrected chi connectivity index (χ0v) is 21.2. The monoisotopic (exact) mass is 527 g/mol. The first kappa shape index (κ1) is 24.7. The average Bonchev–Trinajstić information content (AvgIpc) is 3.27. The van der Waals surface area contributed by atoms with E-state index in [1.165, 1.54) is 54.6 Å². The molecule has 1 aromatic heterocycles. The Balaban J connectivity index is 1.35. The third-order valence-electron chi connectivity index (χ3n) is 4.70. The molecule has 35 heavy (non-hydrogen) atoms. The lowest BCUT2D eigenvalue weighted by Crippen LogP contribution is -2.19. The summed E-state index contributed by atoms with van der Waals surface area (Å²) in [6.45, 7) is 1.87. The number of benzene rings is 3. The number of nitrogens with zero attached hydrogens (tertiary/aromatic N) is 2. The van der Waals surface area contributed by atoms with E-state index in [1.54, 1.807) is 24.3 Å². The topological polar surface area (TPSA) is 107 Å². The van der Waals surface area contributed by atoms with Crippen molar-refractivity contribution in [2.75, 3.05) is 12.9 Å². The van der Waals surface area contributed by atoms with Gasteiger partial charge in [0.2, 0.25) is 0 Å². The Kier molecular flexibility index (Phi) is 7.69. The number of thioether (sulfide) groups is 1. The number of para-hydroxylation sites is 1. The number of rotatable bonds is 9. The first-order chi connectivity index (χ1) is 16.8. The van der Waals surface area contributed by atoms with Crippen molar-refractivity contribution < 1.29 is 22.1 Å². The number of amides is 1. The van der Waals surface area contributed by atoms with E-state index in [2.05, 4.69) is 15.5 Å². The van der Waals surface area contributed by atoms with Gasteiger partial charge < -0.3 is 8.92 Å². The van der Waals surface area contributed by atoms with Crippen LogP contribution in [0, 0.1) is 6.92 Å². The molecule has 0 aliphatic heterocycles. The zero-order chi connectivity index (χ0) is 24.8. The number of hydrogen-bond donors (Lipinski definition) is 1. The van der Waals surface area contributed by atoms with Crippen molar-refractivity contribution in [1.82, 2.24) is 10.4 Å². The number of aryl methyl sites for hydroxylation is 1. The van der Waals surface area contributed by atoms with Crippen molar-refractivity contribution in [3.8, 4) is 11.5 Å². The molecule has 8 nitrogen and oxygen atoms in total. The van der Waals surface area contributed by atoms with Crippen molar-refractivity contribution >= 4 is 55.6 Å². The minimum Gasteiger partial charge on any atom is -0.493 e. The first-order valence-electron chi connectivity index (χ1n) is 10.3. The molecule has 1 N–H and O–H groups in total. The summed E-state index contributed by atoms with van der Waals surface area (Å²) in [7, 11) is -2.61. The number of carbonyl (C=O) groups excluding carboxylic acids is 1. The quantitative estimate of drug-likeness (QED) is 0.146. The molecule has 0 aliphatic carbocycles. The van der Waals surface area contributed by atoms with Crippen LogP contribution in [0.5, 0.6) is 11.5 Å². The second kappa shape index (κ2) is 10.9. The van der Waals surface area contributed by atoms with Crippen LogP contribution in [-0.2, 0) is 14.9 Å². The fourth-order valence-corrected chi connectivity index (χ4v) is 5.76. The van der Waals surface area contributed by atoms with Crippen LogP contribution < -0.4 is 14.3 Å². The molecular weight excluding hydrogens is 506 g/mol. The van der Waals surface area contributed by atoms with Crippen LogP contribution in [0.4, 0.5) is 0 Å². The Morgan fingerprint density at radius 1 is 1.11 bits per heavy atom. The SMILES string of the molecule is COc1cc(C=NNC(=O)CSc2nc3ccccc3s2)ccc1OS(=O)(=O)c1ccc(C)cc1. The molecular formula is C24H21N3O5S3. The second-order valence-electron chi connectivity index (χ2n) is 7.29. The van der Waals surface area contributed by atoms with Gasteiger partial charge in [0, 0.05) is 0 Å². The lowest BCUT2D eigenvalue weighted by molar-refractivity contribution is -0.118. The van der Waals surface area contributed by atoms with E-state index >= 15 is 0 Å². The third kappa shape index (κ3) is 6.38. The summed E-state index contributed by atoms with van der Waals surface area (Å²) in [6.07, 6.45) is 1.43. The van der Waals surface area contributed by atoms with Gasteiger partial charge in [-0.15, -0.1) is 11.3 Å². The van der Waals surface area contributed by atoms with E-state index in [9.17, 15) is 13.2 Å². The van der Waals surface area contributed by atoms with Crippen LogP contribution >= 0.6 is 23.1 Å². The number of hydrazone groups is 1. The molecule has 0 spiro atoms. The Morgan fingerprint density at radius 2 is 1.89 bits per heavy atom. The summed E-state index contributed by atoms with van der Waals surface area (Å²) < 4.78 is 37.6. The van der Waals surface area contributed by atoms with Gasteiger partial charge in [-0.1, -0.05) is 41.6 Å². The predicted molar refractivity (Wildman–Crippen MR) is 138 cm³/mol. The Hall–Kier alpha value is -3.41. The Bertz CT molecular complexity index is 1450. The molecule has 0 aliphatic rings. The van der Waals surface area contributed by atoms with E-state index in [0.29, 0.717) is 5.56 Å². The average molecular weight is 528 g/mol. The van der Waals surface area contributed by atoms with Crippen LogP contribution in [0.1, 0.15) is 11.1 Å². The number of hydrogen-bond acceptors (Lipinski definition) is 9. The number of methoxy groups -OCH3 is 1. The van der Waals surface area contributed by atoms with Crippen molar-refractivity contribution in [3.05, 3.63) is 77.9 Å². The van der Waals surface area contributed by atoms with Crippen molar-refractivity contribution in [3.63, 3.8) is 0 Å². The minimum absolute atomic E-state index is 0.0431. The summed E-state index contributed by atoms with van der Waals surface area (Å²) in [5.41, 5.74) is 4.90. The summed E-state index contributed by atoms with van der Waals surface area (Å²) in [5.74, 6) is 0.148. The van der Waals surface area contributed by atoms with E-state index in [1.807, 2.05) is 31.2 Å². The smallest absolute Gasteiger partial charge is 0.339 e. The highest BCUT2D eigenvalue weighted by molar-refractivity contribution is 8.01. The molecule has 0 saturated carbocycles. The van der Waals surface area contributed by atoms with Crippen LogP contribution in [0.25, 0.3) is 10.2 Å². The molecule has 180 valence electrons. The fraction of sp³-hybridized carbons (Fsp3) is 0.125. The largest absolute Gasteiger partial charge is 0.493 e. The van der Waals surface area contributed by atoms with Gasteiger partial charge in [-0.05, 0) is 55.0 Å². The maximum atomic E-state index is 12.6. The van der Waals surface area contributed by atoms with E-state index in [-0.39, 0.29) is 28.1 Å². The van der Waals surface area contributed by atoms with Gasteiger partial charge in [0.05, 0.1) is 29.3 Å². The van der Waals surface area contributed by atoms with Crippen LogP contribution in [-0.4, -0.2) is 38.4 Å². The van der Waals surface area contributed by atoms with Gasteiger partial charge >= 0.3 is 10.1 Å². The molecule has 11 heteroatoms. The molecule has 0 fully saturated rings. The molecule has 4 aromatic rings. The van der Waals surface area contributed by atoms with Gasteiger partial charge in [-0.2, -0.15) is 13.5 Å². The van der Waals surface area contributed by atoms with E-state index in [4.69, 9.17) is 8.92 Å². The number of ether oxygens (including phenoxy) is 1. The van der Waals surface area contributed by atoms with Crippen molar-refractivity contribution in [2.45, 2.75) is 16.2 Å². The maximum Gasteiger partial charge on any atom is 0.339 e. The first-order valence-corrected chi connectivity index (χ1v) is 13.5. The molecule has 0 unspecified atom stereocenters. The fourth-order valence-electron chi connectivity index (χ4n) is 2.96. The van der Waals surface area contributed by atoms with Crippen molar-refractivity contribution in [2.24, 2.45) is 5.10 Å². The van der Waals surface area contributed by atoms with Crippen LogP contribution in [0.15, 0.2) is 81.1 Å². The maximum absolute atomic E-state index is 12.6. The number of carbonyl (C=O) groups is 1. The minimum atomic E-state index is -4.02. The lowest BCUT2D eigenvalue weighted by Gasteiger charge is -2.11. The highest BCUT2D eigenvalue weighted by atomic mass is 32.2. The molecule has 0 bridgehead atoms. The van der Waals surface area contributed by atoms with Crippen molar-refractivity contribution in [1.29, 1.82) is 0 Å². The normalized spacial score (nSPS) is 11.6. The standard InChI is InChI=1S/C24H21N3O5S3/c1-16-7-10-18(11-8-16)35(29,30)32-20-12-9-17(13-21(20)31-2)14-25-27-23(28)15-33-24-26-19-5-3-4-6-22(19)34-24/h3-14H,15H2,1-2H3,(H,27,28). The number of thiazole rings is 1. The molecule has 3 aromatic carbocycles. The lowest BCUT2D eigenvalue weighted by atomic mass is 10.2. The molecule has 4 rings (SSSR count). The van der Waals surface area contributed by atoms with Gasteiger partial charge in [-0.25, -0.2) is 10.4 Å². The van der Waals surface area contributed by atoms with E-state index in [0.717, 1.165) is 20.1 Å². The molecule has 1 heterocycles. The third-order valence-corrected chi connectivity index (χ3v) is 8.13. The van der Waals surface area contributed by atoms with Gasteiger partial charge in [-0.3, -0.25) is 4.79 Å². The van der Waals surface area contributed by atoms with E-state index < -0.39 is 10.1 Å². The Labute approximate surface area is 211 Å². The van der Waals surface area contributed by atoms with Gasteiger partial charge in [0.1, 0.15) is 4.90 Å². The summed E-state index contributed by atoms with van der Waals surface area (Å²) in [4.78, 5) is 16.7. The number of fused-ring (bicyclic) bond motifs is 1. The number of nitrogens with one attached hydrogen (secondary N) is 1. The predicted octanol–water partition coefficient (Wildman–Crippen LogP) is 4.62. The summed E-state index contributed by atoms with van der Waals surface area (Å²) >= 11 is 2.87. The van der Waals surface area contributed by atoms with Crippen LogP contribution in [0.3, 0.4) is 0 Å². The van der Waals surface area contributed by atoms with Gasteiger partial charge in [0.25, 0.3) is 5.91 Å². The number of aromatic nitrogens is 1. The second-order valence-corrected chi connectivity index (χ2v) is 11.1. The zero-order valence-electron chi connectivity index (χ0n) is 18.8. The summed E-state index contributed by atoms with van der Waals surface area (Å²) in [6, 6.07) is 18.8. The molecule has 0 radical (unpaired) electrons. The molecule has 0 saturated heterocycles. The Morgan fingerprint density at radius 3 is 2.63 bits per heavy atom. The molecule has 0 atom stereocenters. The van der Waals surface area contributed by atoms with Crippen LogP contribution in [0.2, 0.25) is 0 Å².